The van der Waals surface area contributed by atoms with Gasteiger partial charge in [0.25, 0.3) is 16.0 Å². The lowest BCUT2D eigenvalue weighted by atomic mass is 10.1. The van der Waals surface area contributed by atoms with Crippen LogP contribution in [0.25, 0.3) is 5.70 Å². The molecule has 0 heterocycles. The van der Waals surface area contributed by atoms with E-state index in [9.17, 15) is 12.9 Å². The third kappa shape index (κ3) is 5.22. The molecule has 0 spiro atoms. The molecule has 1 aliphatic rings. The molecule has 0 fully saturated rings. The molecule has 0 radical (unpaired) electrons. The van der Waals surface area contributed by atoms with Gasteiger partial charge in [0, 0.05) is 6.21 Å². The summed E-state index contributed by atoms with van der Waals surface area (Å²) in [6.45, 7) is 5.30. The van der Waals surface area contributed by atoms with Crippen molar-refractivity contribution in [3.05, 3.63) is 66.3 Å². The van der Waals surface area contributed by atoms with Gasteiger partial charge in [-0.3, -0.25) is 0 Å². The molecular weight excluding hydrogens is 341 g/mol. The quantitative estimate of drug-likeness (QED) is 0.454. The normalized spacial score (nSPS) is 15.3. The molecule has 0 atom stereocenters. The molecule has 7 heteroatoms. The number of guanidine groups is 1. The number of halogens is 1. The van der Waals surface area contributed by atoms with Crippen molar-refractivity contribution in [1.29, 1.82) is 0 Å². The summed E-state index contributed by atoms with van der Waals surface area (Å²) in [5.74, 6) is -1.02. The van der Waals surface area contributed by atoms with E-state index in [0.29, 0.717) is 11.1 Å². The van der Waals surface area contributed by atoms with E-state index >= 15 is 0 Å². The third-order valence-corrected chi connectivity index (χ3v) is 4.76. The fraction of sp³-hybridized carbons (Fsp3) is 0.222. The fourth-order valence-corrected chi connectivity index (χ4v) is 3.30. The maximum atomic E-state index is 14.6. The lowest BCUT2D eigenvalue weighted by Gasteiger charge is -2.15. The highest BCUT2D eigenvalue weighted by atomic mass is 32.2. The summed E-state index contributed by atoms with van der Waals surface area (Å²) < 4.78 is 38.8. The molecule has 0 bridgehead atoms. The van der Waals surface area contributed by atoms with Gasteiger partial charge in [0.2, 0.25) is 0 Å². The molecule has 0 unspecified atom stereocenters. The topological polar surface area (TPSA) is 62.1 Å². The Bertz CT molecular complexity index is 840. The van der Waals surface area contributed by atoms with E-state index in [4.69, 9.17) is 0 Å². The van der Waals surface area contributed by atoms with Gasteiger partial charge in [-0.15, -0.1) is 0 Å². The average molecular weight is 361 g/mol. The molecule has 25 heavy (non-hydrogen) atoms. The van der Waals surface area contributed by atoms with Gasteiger partial charge in [0.15, 0.2) is 0 Å². The van der Waals surface area contributed by atoms with Crippen molar-refractivity contribution in [2.75, 3.05) is 5.75 Å². The van der Waals surface area contributed by atoms with Crippen molar-refractivity contribution in [2.24, 2.45) is 9.98 Å². The standard InChI is InChI=1S/C18H20FN3O2S/c1-3-20-18(21-15(2)17-12-8-5-9-13-17)22(19)25(23,24)14-16-10-6-4-7-11-16/h3,5-6,8-13H,2,4,7,14H2,1H3/b20-3-,21-18?. The van der Waals surface area contributed by atoms with E-state index < -0.39 is 21.7 Å². The SMILES string of the molecule is C=C(N=C(/N=C\C)N(F)S(=O)(=O)CC1=CCCC=C1)c1ccccc1. The second-order valence-corrected chi connectivity index (χ2v) is 7.11. The molecule has 1 aromatic rings. The molecule has 0 saturated carbocycles. The average Bonchev–Trinajstić information content (AvgIpc) is 2.62. The van der Waals surface area contributed by atoms with Crippen LogP contribution in [0.15, 0.2) is 70.7 Å². The highest BCUT2D eigenvalue weighted by Gasteiger charge is 2.27. The highest BCUT2D eigenvalue weighted by molar-refractivity contribution is 7.89. The van der Waals surface area contributed by atoms with E-state index in [1.54, 1.807) is 43.3 Å². The number of hydrogen-bond acceptors (Lipinski definition) is 3. The second-order valence-electron chi connectivity index (χ2n) is 5.34. The largest absolute Gasteiger partial charge is 0.270 e. The van der Waals surface area contributed by atoms with E-state index in [1.807, 2.05) is 12.1 Å². The Morgan fingerprint density at radius 2 is 2.04 bits per heavy atom. The first-order valence-electron chi connectivity index (χ1n) is 7.80. The first-order chi connectivity index (χ1) is 11.9. The molecule has 5 nitrogen and oxygen atoms in total. The maximum absolute atomic E-state index is 14.6. The van der Waals surface area contributed by atoms with Crippen molar-refractivity contribution in [1.82, 2.24) is 4.53 Å². The highest BCUT2D eigenvalue weighted by Crippen LogP contribution is 2.18. The Morgan fingerprint density at radius 1 is 1.32 bits per heavy atom. The Labute approximate surface area is 147 Å². The smallest absolute Gasteiger partial charge is 0.223 e. The zero-order valence-electron chi connectivity index (χ0n) is 14.0. The predicted molar refractivity (Wildman–Crippen MR) is 100 cm³/mol. The molecule has 132 valence electrons. The van der Waals surface area contributed by atoms with Crippen LogP contribution in [0.4, 0.5) is 4.48 Å². The van der Waals surface area contributed by atoms with Gasteiger partial charge in [0.05, 0.1) is 11.4 Å². The van der Waals surface area contributed by atoms with E-state index in [0.717, 1.165) is 12.8 Å². The van der Waals surface area contributed by atoms with Crippen LogP contribution in [0.2, 0.25) is 0 Å². The van der Waals surface area contributed by atoms with Gasteiger partial charge < -0.3 is 0 Å². The Hall–Kier alpha value is -2.54. The molecule has 0 N–H and O–H groups in total. The minimum atomic E-state index is -4.25. The number of allylic oxidation sites excluding steroid dienone is 3. The first kappa shape index (κ1) is 18.8. The number of sulfonamides is 1. The minimum absolute atomic E-state index is 0.218. The summed E-state index contributed by atoms with van der Waals surface area (Å²) in [4.78, 5) is 7.70. The van der Waals surface area contributed by atoms with Crippen LogP contribution < -0.4 is 0 Å². The van der Waals surface area contributed by atoms with Crippen molar-refractivity contribution in [2.45, 2.75) is 19.8 Å². The van der Waals surface area contributed by atoms with Gasteiger partial charge >= 0.3 is 0 Å². The number of hydrogen-bond donors (Lipinski definition) is 0. The third-order valence-electron chi connectivity index (χ3n) is 3.41. The van der Waals surface area contributed by atoms with Gasteiger partial charge in [-0.2, -0.15) is 0 Å². The summed E-state index contributed by atoms with van der Waals surface area (Å²) in [6, 6.07) is 8.87. The van der Waals surface area contributed by atoms with Crippen molar-refractivity contribution in [3.63, 3.8) is 0 Å². The number of rotatable bonds is 5. The van der Waals surface area contributed by atoms with Crippen LogP contribution in [0, 0.1) is 0 Å². The summed E-state index contributed by atoms with van der Waals surface area (Å²) >= 11 is 0. The van der Waals surface area contributed by atoms with E-state index in [-0.39, 0.29) is 10.2 Å². The molecule has 1 aliphatic carbocycles. The summed E-state index contributed by atoms with van der Waals surface area (Å²) in [5, 5.41) is 0. The van der Waals surface area contributed by atoms with Crippen LogP contribution in [0.5, 0.6) is 0 Å². The molecule has 2 rings (SSSR count). The van der Waals surface area contributed by atoms with Gasteiger partial charge in [-0.1, -0.05) is 64.1 Å². The summed E-state index contributed by atoms with van der Waals surface area (Å²) in [5.41, 5.74) is 1.42. The zero-order valence-corrected chi connectivity index (χ0v) is 14.8. The van der Waals surface area contributed by atoms with Gasteiger partial charge in [-0.05, 0) is 30.9 Å². The Morgan fingerprint density at radius 3 is 2.64 bits per heavy atom. The van der Waals surface area contributed by atoms with Gasteiger partial charge in [0.1, 0.15) is 0 Å². The maximum Gasteiger partial charge on any atom is 0.270 e. The number of aliphatic imine (C=N–C) groups is 2. The fourth-order valence-electron chi connectivity index (χ4n) is 2.21. The Kier molecular flexibility index (Phi) is 6.41. The lowest BCUT2D eigenvalue weighted by Crippen LogP contribution is -2.31. The molecule has 0 aliphatic heterocycles. The van der Waals surface area contributed by atoms with Crippen LogP contribution in [-0.2, 0) is 10.0 Å². The summed E-state index contributed by atoms with van der Waals surface area (Å²) in [6.07, 6.45) is 8.22. The van der Waals surface area contributed by atoms with Crippen molar-refractivity contribution >= 4 is 27.9 Å². The molecule has 0 saturated heterocycles. The summed E-state index contributed by atoms with van der Waals surface area (Å²) in [7, 11) is -4.25. The van der Waals surface area contributed by atoms with Crippen LogP contribution >= 0.6 is 0 Å². The van der Waals surface area contributed by atoms with Crippen LogP contribution in [0.1, 0.15) is 25.3 Å². The first-order valence-corrected chi connectivity index (χ1v) is 9.41. The van der Waals surface area contributed by atoms with Gasteiger partial charge in [-0.25, -0.2) is 18.4 Å². The predicted octanol–water partition coefficient (Wildman–Crippen LogP) is 3.90. The molecule has 0 aromatic heterocycles. The monoisotopic (exact) mass is 361 g/mol. The van der Waals surface area contributed by atoms with Crippen molar-refractivity contribution in [3.8, 4) is 0 Å². The van der Waals surface area contributed by atoms with Crippen LogP contribution in [0.3, 0.4) is 0 Å². The minimum Gasteiger partial charge on any atom is -0.223 e. The number of nitrogens with zero attached hydrogens (tertiary/aromatic N) is 3. The number of benzene rings is 1. The lowest BCUT2D eigenvalue weighted by molar-refractivity contribution is 0.237. The Balaban J connectivity index is 2.26. The van der Waals surface area contributed by atoms with Crippen molar-refractivity contribution < 1.29 is 12.9 Å². The van der Waals surface area contributed by atoms with Crippen LogP contribution in [-0.4, -0.2) is 30.9 Å². The second kappa shape index (κ2) is 8.53. The van der Waals surface area contributed by atoms with E-state index in [1.165, 1.54) is 6.21 Å². The molecule has 1 aromatic carbocycles. The molecular formula is C18H20FN3O2S. The molecule has 0 amide bonds. The zero-order chi connectivity index (χ0) is 18.3. The van der Waals surface area contributed by atoms with E-state index in [2.05, 4.69) is 16.6 Å².